The fourth-order valence-electron chi connectivity index (χ4n) is 3.11. The number of nitrogens with zero attached hydrogens (tertiary/aromatic N) is 1. The van der Waals surface area contributed by atoms with Gasteiger partial charge in [0.2, 0.25) is 5.91 Å². The van der Waals surface area contributed by atoms with E-state index in [1.165, 1.54) is 25.7 Å². The first kappa shape index (κ1) is 14.8. The fourth-order valence-corrected chi connectivity index (χ4v) is 3.11. The molecule has 1 saturated carbocycles. The molecule has 1 aliphatic carbocycles. The van der Waals surface area contributed by atoms with Crippen LogP contribution < -0.4 is 5.32 Å². The molecule has 2 rings (SSSR count). The van der Waals surface area contributed by atoms with Gasteiger partial charge in [0.15, 0.2) is 0 Å². The quantitative estimate of drug-likeness (QED) is 0.802. The minimum atomic E-state index is -0.00789. The molecule has 0 radical (unpaired) electrons. The van der Waals surface area contributed by atoms with Crippen LogP contribution in [0.4, 0.5) is 0 Å². The maximum absolute atomic E-state index is 12.4. The van der Waals surface area contributed by atoms with Crippen LogP contribution in [0.2, 0.25) is 0 Å². The van der Waals surface area contributed by atoms with Gasteiger partial charge in [0, 0.05) is 6.54 Å². The average Bonchev–Trinajstić information content (AvgIpc) is 3.00. The van der Waals surface area contributed by atoms with Crippen molar-refractivity contribution in [2.24, 2.45) is 5.92 Å². The van der Waals surface area contributed by atoms with Crippen molar-refractivity contribution in [2.45, 2.75) is 71.2 Å². The van der Waals surface area contributed by atoms with Crippen LogP contribution in [0.1, 0.15) is 52.9 Å². The number of carbonyl (C=O) groups is 1. The molecule has 0 aromatic carbocycles. The number of carbonyl (C=O) groups excluding carboxylic acids is 1. The average molecular weight is 268 g/mol. The first-order valence-corrected chi connectivity index (χ1v) is 7.81. The van der Waals surface area contributed by atoms with Crippen LogP contribution in [0.5, 0.6) is 0 Å². The molecule has 0 bridgehead atoms. The van der Waals surface area contributed by atoms with Gasteiger partial charge in [-0.15, -0.1) is 0 Å². The lowest BCUT2D eigenvalue weighted by Gasteiger charge is -2.22. The SMILES string of the molecule is CCC(C)C1NC(C)N(CCOC2CCCC2)C1=O. The first-order valence-electron chi connectivity index (χ1n) is 7.81. The molecule has 2 aliphatic rings. The highest BCUT2D eigenvalue weighted by atomic mass is 16.5. The second-order valence-corrected chi connectivity index (χ2v) is 6.01. The van der Waals surface area contributed by atoms with Gasteiger partial charge in [0.1, 0.15) is 0 Å². The molecule has 1 aliphatic heterocycles. The molecule has 0 aromatic heterocycles. The van der Waals surface area contributed by atoms with Crippen molar-refractivity contribution in [3.63, 3.8) is 0 Å². The summed E-state index contributed by atoms with van der Waals surface area (Å²) in [5.41, 5.74) is 0. The summed E-state index contributed by atoms with van der Waals surface area (Å²) in [5, 5.41) is 3.40. The Morgan fingerprint density at radius 1 is 1.42 bits per heavy atom. The summed E-state index contributed by atoms with van der Waals surface area (Å²) in [6.45, 7) is 7.74. The van der Waals surface area contributed by atoms with Gasteiger partial charge in [0.05, 0.1) is 24.9 Å². The van der Waals surface area contributed by atoms with Crippen molar-refractivity contribution >= 4 is 5.91 Å². The van der Waals surface area contributed by atoms with Gasteiger partial charge in [-0.3, -0.25) is 10.1 Å². The maximum atomic E-state index is 12.4. The molecule has 3 atom stereocenters. The highest BCUT2D eigenvalue weighted by Crippen LogP contribution is 2.22. The molecule has 3 unspecified atom stereocenters. The van der Waals surface area contributed by atoms with Crippen LogP contribution >= 0.6 is 0 Å². The van der Waals surface area contributed by atoms with Gasteiger partial charge in [0.25, 0.3) is 0 Å². The zero-order valence-electron chi connectivity index (χ0n) is 12.5. The van der Waals surface area contributed by atoms with Crippen molar-refractivity contribution < 1.29 is 9.53 Å². The molecule has 1 N–H and O–H groups in total. The fraction of sp³-hybridized carbons (Fsp3) is 0.933. The molecule has 4 heteroatoms. The normalized spacial score (nSPS) is 30.3. The van der Waals surface area contributed by atoms with Crippen molar-refractivity contribution in [3.8, 4) is 0 Å². The van der Waals surface area contributed by atoms with Crippen molar-refractivity contribution in [2.75, 3.05) is 13.2 Å². The van der Waals surface area contributed by atoms with E-state index in [0.29, 0.717) is 18.6 Å². The number of nitrogens with one attached hydrogen (secondary N) is 1. The molecule has 0 spiro atoms. The Kier molecular flexibility index (Phi) is 5.22. The van der Waals surface area contributed by atoms with Crippen LogP contribution in [0.3, 0.4) is 0 Å². The van der Waals surface area contributed by atoms with Gasteiger partial charge in [-0.1, -0.05) is 33.1 Å². The molecule has 0 aromatic rings. The van der Waals surface area contributed by atoms with E-state index >= 15 is 0 Å². The summed E-state index contributed by atoms with van der Waals surface area (Å²) in [4.78, 5) is 14.3. The monoisotopic (exact) mass is 268 g/mol. The Labute approximate surface area is 116 Å². The van der Waals surface area contributed by atoms with E-state index in [-0.39, 0.29) is 18.1 Å². The highest BCUT2D eigenvalue weighted by Gasteiger charge is 2.38. The molecule has 4 nitrogen and oxygen atoms in total. The third kappa shape index (κ3) is 3.48. The zero-order valence-corrected chi connectivity index (χ0v) is 12.5. The maximum Gasteiger partial charge on any atom is 0.241 e. The smallest absolute Gasteiger partial charge is 0.241 e. The molecule has 19 heavy (non-hydrogen) atoms. The van der Waals surface area contributed by atoms with Gasteiger partial charge in [-0.2, -0.15) is 0 Å². The van der Waals surface area contributed by atoms with E-state index in [9.17, 15) is 4.79 Å². The van der Waals surface area contributed by atoms with Crippen LogP contribution in [-0.4, -0.2) is 42.3 Å². The van der Waals surface area contributed by atoms with Crippen molar-refractivity contribution in [1.82, 2.24) is 10.2 Å². The van der Waals surface area contributed by atoms with Crippen molar-refractivity contribution in [3.05, 3.63) is 0 Å². The van der Waals surface area contributed by atoms with Crippen LogP contribution in [0, 0.1) is 5.92 Å². The molecule has 110 valence electrons. The Hall–Kier alpha value is -0.610. The Balaban J connectivity index is 1.77. The molecule has 1 amide bonds. The Morgan fingerprint density at radius 3 is 2.74 bits per heavy atom. The molecular formula is C15H28N2O2. The van der Waals surface area contributed by atoms with Gasteiger partial charge < -0.3 is 9.64 Å². The molecule has 1 heterocycles. The summed E-state index contributed by atoms with van der Waals surface area (Å²) in [6.07, 6.45) is 6.57. The zero-order chi connectivity index (χ0) is 13.8. The lowest BCUT2D eigenvalue weighted by atomic mass is 9.99. The summed E-state index contributed by atoms with van der Waals surface area (Å²) in [7, 11) is 0. The standard InChI is InChI=1S/C15H28N2O2/c1-4-11(2)14-15(18)17(12(3)16-14)9-10-19-13-7-5-6-8-13/h11-14,16H,4-10H2,1-3H3. The number of amides is 1. The van der Waals surface area contributed by atoms with Gasteiger partial charge >= 0.3 is 0 Å². The minimum Gasteiger partial charge on any atom is -0.376 e. The molecule has 1 saturated heterocycles. The lowest BCUT2D eigenvalue weighted by Crippen LogP contribution is -2.37. The lowest BCUT2D eigenvalue weighted by molar-refractivity contribution is -0.131. The summed E-state index contributed by atoms with van der Waals surface area (Å²) >= 11 is 0. The highest BCUT2D eigenvalue weighted by molar-refractivity contribution is 5.84. The number of ether oxygens (including phenoxy) is 1. The third-order valence-corrected chi connectivity index (χ3v) is 4.64. The second kappa shape index (κ2) is 6.71. The van der Waals surface area contributed by atoms with Gasteiger partial charge in [-0.05, 0) is 25.7 Å². The Bertz CT molecular complexity index is 303. The van der Waals surface area contributed by atoms with Crippen LogP contribution in [0.15, 0.2) is 0 Å². The number of rotatable bonds is 6. The summed E-state index contributed by atoms with van der Waals surface area (Å²) < 4.78 is 5.86. The predicted octanol–water partition coefficient (Wildman–Crippen LogP) is 2.14. The predicted molar refractivity (Wildman–Crippen MR) is 75.8 cm³/mol. The summed E-state index contributed by atoms with van der Waals surface area (Å²) in [5.74, 6) is 0.646. The number of hydrogen-bond acceptors (Lipinski definition) is 3. The van der Waals surface area contributed by atoms with E-state index in [4.69, 9.17) is 4.74 Å². The third-order valence-electron chi connectivity index (χ3n) is 4.64. The van der Waals surface area contributed by atoms with E-state index in [2.05, 4.69) is 26.1 Å². The molecule has 2 fully saturated rings. The van der Waals surface area contributed by atoms with Crippen molar-refractivity contribution in [1.29, 1.82) is 0 Å². The second-order valence-electron chi connectivity index (χ2n) is 6.01. The van der Waals surface area contributed by atoms with Crippen LogP contribution in [-0.2, 0) is 9.53 Å². The van der Waals surface area contributed by atoms with E-state index < -0.39 is 0 Å². The topological polar surface area (TPSA) is 41.6 Å². The van der Waals surface area contributed by atoms with E-state index in [0.717, 1.165) is 13.0 Å². The van der Waals surface area contributed by atoms with Gasteiger partial charge in [-0.25, -0.2) is 0 Å². The van der Waals surface area contributed by atoms with E-state index in [1.54, 1.807) is 0 Å². The largest absolute Gasteiger partial charge is 0.376 e. The first-order chi connectivity index (χ1) is 9.13. The summed E-state index contributed by atoms with van der Waals surface area (Å²) in [6, 6.07) is -0.00789. The number of hydrogen-bond donors (Lipinski definition) is 1. The van der Waals surface area contributed by atoms with E-state index in [1.807, 2.05) is 4.90 Å². The minimum absolute atomic E-state index is 0.00789. The Morgan fingerprint density at radius 2 is 2.11 bits per heavy atom. The van der Waals surface area contributed by atoms with Crippen LogP contribution in [0.25, 0.3) is 0 Å². The molecular weight excluding hydrogens is 240 g/mol.